The summed E-state index contributed by atoms with van der Waals surface area (Å²) in [5, 5.41) is 2.80. The summed E-state index contributed by atoms with van der Waals surface area (Å²) in [5.41, 5.74) is 11.2. The number of aliphatic imine (C=N–C) groups is 1. The molecule has 0 spiro atoms. The highest BCUT2D eigenvalue weighted by molar-refractivity contribution is 5.80. The first kappa shape index (κ1) is 7.61. The second-order valence-corrected chi connectivity index (χ2v) is 3.86. The van der Waals surface area contributed by atoms with Crippen molar-refractivity contribution in [2.24, 2.45) is 21.9 Å². The molecular formula is C8H14N4. The van der Waals surface area contributed by atoms with Crippen LogP contribution in [0.3, 0.4) is 0 Å². The maximum Gasteiger partial charge on any atom is 0.194 e. The standard InChI is InChI=1S/C8H14N4/c1-7(2-3-7)8(10)4-5-11-6(9)12-8/h4-5H,2-3,10H2,1H3,(H3,9,11,12). The van der Waals surface area contributed by atoms with Crippen LogP contribution in [0, 0.1) is 5.41 Å². The van der Waals surface area contributed by atoms with Crippen molar-refractivity contribution in [2.75, 3.05) is 0 Å². The van der Waals surface area contributed by atoms with E-state index in [1.54, 1.807) is 6.20 Å². The Hall–Kier alpha value is -1.03. The van der Waals surface area contributed by atoms with E-state index in [1.165, 1.54) is 0 Å². The first-order valence-corrected chi connectivity index (χ1v) is 4.14. The minimum Gasteiger partial charge on any atom is -0.370 e. The normalized spacial score (nSPS) is 37.0. The Morgan fingerprint density at radius 1 is 1.58 bits per heavy atom. The fourth-order valence-electron chi connectivity index (χ4n) is 1.45. The van der Waals surface area contributed by atoms with Crippen LogP contribution in [-0.2, 0) is 0 Å². The molecule has 1 saturated carbocycles. The number of nitrogens with zero attached hydrogens (tertiary/aromatic N) is 1. The summed E-state index contributed by atoms with van der Waals surface area (Å²) in [7, 11) is 0. The summed E-state index contributed by atoms with van der Waals surface area (Å²) in [4.78, 5) is 4.22. The average Bonchev–Trinajstić information content (AvgIpc) is 2.69. The highest BCUT2D eigenvalue weighted by Crippen LogP contribution is 2.53. The molecule has 0 radical (unpaired) electrons. The molecule has 1 atom stereocenters. The van der Waals surface area contributed by atoms with E-state index in [0.717, 1.165) is 12.8 Å². The molecule has 66 valence electrons. The minimum absolute atomic E-state index is 0.121. The number of nitrogens with two attached hydrogens (primary N) is 2. The zero-order valence-corrected chi connectivity index (χ0v) is 7.17. The molecule has 1 fully saturated rings. The topological polar surface area (TPSA) is 76.4 Å². The maximum atomic E-state index is 6.09. The molecule has 1 aliphatic carbocycles. The van der Waals surface area contributed by atoms with E-state index in [1.807, 2.05) is 6.08 Å². The zero-order valence-electron chi connectivity index (χ0n) is 7.17. The first-order valence-electron chi connectivity index (χ1n) is 4.14. The summed E-state index contributed by atoms with van der Waals surface area (Å²) in [6.45, 7) is 2.14. The van der Waals surface area contributed by atoms with E-state index in [-0.39, 0.29) is 5.41 Å². The predicted octanol–water partition coefficient (Wildman–Crippen LogP) is -0.127. The third-order valence-electron chi connectivity index (χ3n) is 2.84. The van der Waals surface area contributed by atoms with Crippen LogP contribution in [0.15, 0.2) is 17.3 Å². The van der Waals surface area contributed by atoms with Gasteiger partial charge >= 0.3 is 0 Å². The van der Waals surface area contributed by atoms with E-state index in [4.69, 9.17) is 11.5 Å². The molecule has 0 aromatic carbocycles. The Labute approximate surface area is 71.7 Å². The Morgan fingerprint density at radius 3 is 2.75 bits per heavy atom. The van der Waals surface area contributed by atoms with Crippen molar-refractivity contribution >= 4 is 5.96 Å². The minimum atomic E-state index is -0.581. The van der Waals surface area contributed by atoms with Gasteiger partial charge in [0.1, 0.15) is 5.66 Å². The molecule has 4 nitrogen and oxygen atoms in total. The molecule has 2 aliphatic rings. The van der Waals surface area contributed by atoms with Crippen molar-refractivity contribution < 1.29 is 0 Å². The predicted molar refractivity (Wildman–Crippen MR) is 48.2 cm³/mol. The van der Waals surface area contributed by atoms with Crippen molar-refractivity contribution in [3.63, 3.8) is 0 Å². The highest BCUT2D eigenvalue weighted by Gasteiger charge is 2.53. The molecule has 0 amide bonds. The number of nitrogens with one attached hydrogen (secondary N) is 1. The maximum absolute atomic E-state index is 6.09. The van der Waals surface area contributed by atoms with Gasteiger partial charge in [0.25, 0.3) is 0 Å². The summed E-state index contributed by atoms with van der Waals surface area (Å²) in [6.07, 6.45) is 5.91. The Kier molecular flexibility index (Phi) is 1.28. The molecule has 0 saturated heterocycles. The highest BCUT2D eigenvalue weighted by atomic mass is 15.2. The molecule has 0 aromatic rings. The van der Waals surface area contributed by atoms with E-state index in [2.05, 4.69) is 17.2 Å². The van der Waals surface area contributed by atoms with Crippen LogP contribution in [-0.4, -0.2) is 11.6 Å². The van der Waals surface area contributed by atoms with Crippen LogP contribution in [0.2, 0.25) is 0 Å². The SMILES string of the molecule is CC1(C2(N)C=CNC(N)=N2)CC1. The lowest BCUT2D eigenvalue weighted by molar-refractivity contribution is 0.344. The lowest BCUT2D eigenvalue weighted by Crippen LogP contribution is -2.49. The van der Waals surface area contributed by atoms with Gasteiger partial charge in [-0.15, -0.1) is 0 Å². The third kappa shape index (κ3) is 0.914. The first-order chi connectivity index (χ1) is 5.56. The summed E-state index contributed by atoms with van der Waals surface area (Å²) >= 11 is 0. The van der Waals surface area contributed by atoms with Crippen LogP contribution in [0.4, 0.5) is 0 Å². The molecule has 4 heteroatoms. The number of hydrogen-bond acceptors (Lipinski definition) is 4. The van der Waals surface area contributed by atoms with Crippen LogP contribution in [0.1, 0.15) is 19.8 Å². The van der Waals surface area contributed by atoms with Crippen LogP contribution < -0.4 is 16.8 Å². The largest absolute Gasteiger partial charge is 0.370 e. The monoisotopic (exact) mass is 166 g/mol. The number of guanidine groups is 1. The van der Waals surface area contributed by atoms with Gasteiger partial charge in [0, 0.05) is 11.6 Å². The van der Waals surface area contributed by atoms with Gasteiger partial charge in [0.2, 0.25) is 0 Å². The van der Waals surface area contributed by atoms with E-state index in [0.29, 0.717) is 5.96 Å². The van der Waals surface area contributed by atoms with E-state index in [9.17, 15) is 0 Å². The van der Waals surface area contributed by atoms with E-state index >= 15 is 0 Å². The zero-order chi connectivity index (χ0) is 8.82. The van der Waals surface area contributed by atoms with Gasteiger partial charge in [-0.1, -0.05) is 6.92 Å². The molecule has 1 aliphatic heterocycles. The van der Waals surface area contributed by atoms with Crippen LogP contribution in [0.5, 0.6) is 0 Å². The quantitative estimate of drug-likeness (QED) is 0.508. The van der Waals surface area contributed by atoms with Gasteiger partial charge in [0.15, 0.2) is 5.96 Å². The molecule has 2 rings (SSSR count). The molecule has 0 bridgehead atoms. The van der Waals surface area contributed by atoms with Gasteiger partial charge in [-0.25, -0.2) is 4.99 Å². The Morgan fingerprint density at radius 2 is 2.25 bits per heavy atom. The summed E-state index contributed by atoms with van der Waals surface area (Å²) in [5.74, 6) is 0.410. The molecule has 0 aromatic heterocycles. The van der Waals surface area contributed by atoms with Crippen LogP contribution >= 0.6 is 0 Å². The van der Waals surface area contributed by atoms with Gasteiger partial charge in [0.05, 0.1) is 0 Å². The fourth-order valence-corrected chi connectivity index (χ4v) is 1.45. The van der Waals surface area contributed by atoms with Crippen LogP contribution in [0.25, 0.3) is 0 Å². The van der Waals surface area contributed by atoms with Crippen molar-refractivity contribution in [3.05, 3.63) is 12.3 Å². The second kappa shape index (κ2) is 2.01. The number of hydrogen-bond donors (Lipinski definition) is 3. The molecule has 12 heavy (non-hydrogen) atoms. The van der Waals surface area contributed by atoms with Gasteiger partial charge in [-0.05, 0) is 18.9 Å². The van der Waals surface area contributed by atoms with Crippen molar-refractivity contribution in [2.45, 2.75) is 25.4 Å². The molecule has 5 N–H and O–H groups in total. The van der Waals surface area contributed by atoms with Crippen molar-refractivity contribution in [1.29, 1.82) is 0 Å². The lowest BCUT2D eigenvalue weighted by atomic mass is 9.92. The van der Waals surface area contributed by atoms with Gasteiger partial charge in [-0.2, -0.15) is 0 Å². The van der Waals surface area contributed by atoms with Gasteiger partial charge in [-0.3, -0.25) is 0 Å². The Bertz CT molecular complexity index is 264. The average molecular weight is 166 g/mol. The third-order valence-corrected chi connectivity index (χ3v) is 2.84. The molecular weight excluding hydrogens is 152 g/mol. The molecule has 1 unspecified atom stereocenters. The summed E-state index contributed by atoms with van der Waals surface area (Å²) < 4.78 is 0. The van der Waals surface area contributed by atoms with Crippen molar-refractivity contribution in [1.82, 2.24) is 5.32 Å². The summed E-state index contributed by atoms with van der Waals surface area (Å²) in [6, 6.07) is 0. The van der Waals surface area contributed by atoms with Crippen molar-refractivity contribution in [3.8, 4) is 0 Å². The Balaban J connectivity index is 2.30. The number of rotatable bonds is 1. The second-order valence-electron chi connectivity index (χ2n) is 3.86. The smallest absolute Gasteiger partial charge is 0.194 e. The fraction of sp³-hybridized carbons (Fsp3) is 0.625. The van der Waals surface area contributed by atoms with E-state index < -0.39 is 5.66 Å². The lowest BCUT2D eigenvalue weighted by Gasteiger charge is -2.31. The van der Waals surface area contributed by atoms with Gasteiger partial charge < -0.3 is 16.8 Å². The molecule has 1 heterocycles.